The van der Waals surface area contributed by atoms with Gasteiger partial charge in [-0.2, -0.15) is 0 Å². The van der Waals surface area contributed by atoms with Crippen LogP contribution in [0.3, 0.4) is 0 Å². The van der Waals surface area contributed by atoms with Gasteiger partial charge in [-0.15, -0.1) is 0 Å². The summed E-state index contributed by atoms with van der Waals surface area (Å²) >= 11 is 0. The molecule has 6 rings (SSSR count). The molecule has 3 fully saturated rings. The average Bonchev–Trinajstić information content (AvgIpc) is 3.48. The predicted octanol–water partition coefficient (Wildman–Crippen LogP) is 5.74. The van der Waals surface area contributed by atoms with Crippen molar-refractivity contribution in [1.82, 2.24) is 0 Å². The Balaban J connectivity index is 1.20. The highest BCUT2D eigenvalue weighted by Crippen LogP contribution is 2.70. The van der Waals surface area contributed by atoms with E-state index in [1.165, 1.54) is 18.4 Å². The molecule has 2 aromatic rings. The van der Waals surface area contributed by atoms with Gasteiger partial charge in [0.15, 0.2) is 0 Å². The second kappa shape index (κ2) is 5.83. The monoisotopic (exact) mass is 370 g/mol. The number of hydrogen-bond donors (Lipinski definition) is 0. The Kier molecular flexibility index (Phi) is 3.45. The molecule has 28 heavy (non-hydrogen) atoms. The molecule has 0 aliphatic heterocycles. The second-order valence-corrected chi connectivity index (χ2v) is 9.61. The molecule has 0 amide bonds. The van der Waals surface area contributed by atoms with Crippen molar-refractivity contribution in [2.75, 3.05) is 0 Å². The third-order valence-electron chi connectivity index (χ3n) is 8.29. The standard InChI is InChI=1S/C26H26O2/c1-26(15-20-14-22(26)24-19-8-7-18(13-19)23(20)24)25(27)28-21-11-9-17(10-12-21)16-5-3-2-4-6-16/h2-12,18-20,22-24H,13-15H2,1H3. The van der Waals surface area contributed by atoms with Crippen LogP contribution in [0.4, 0.5) is 0 Å². The molecule has 4 bridgehead atoms. The first-order valence-electron chi connectivity index (χ1n) is 10.7. The summed E-state index contributed by atoms with van der Waals surface area (Å²) in [6.45, 7) is 2.17. The van der Waals surface area contributed by atoms with Crippen LogP contribution in [0, 0.1) is 40.9 Å². The lowest BCUT2D eigenvalue weighted by molar-refractivity contribution is -0.150. The van der Waals surface area contributed by atoms with Crippen LogP contribution in [0.25, 0.3) is 11.1 Å². The summed E-state index contributed by atoms with van der Waals surface area (Å²) in [4.78, 5) is 13.2. The summed E-state index contributed by atoms with van der Waals surface area (Å²) in [5.41, 5.74) is 2.00. The van der Waals surface area contributed by atoms with Crippen LogP contribution in [0.5, 0.6) is 5.75 Å². The number of ether oxygens (including phenoxy) is 1. The van der Waals surface area contributed by atoms with Crippen LogP contribution in [-0.2, 0) is 4.79 Å². The van der Waals surface area contributed by atoms with Gasteiger partial charge in [0.1, 0.15) is 5.75 Å². The number of allylic oxidation sites excluding steroid dienone is 2. The molecule has 0 heterocycles. The molecule has 0 N–H and O–H groups in total. The molecule has 0 spiro atoms. The third-order valence-corrected chi connectivity index (χ3v) is 8.29. The first-order chi connectivity index (χ1) is 13.6. The summed E-state index contributed by atoms with van der Waals surface area (Å²) in [6, 6.07) is 18.2. The maximum atomic E-state index is 13.2. The quantitative estimate of drug-likeness (QED) is 0.298. The minimum absolute atomic E-state index is 0.0161. The van der Waals surface area contributed by atoms with Gasteiger partial charge in [0.05, 0.1) is 5.41 Å². The number of carbonyl (C=O) groups is 1. The van der Waals surface area contributed by atoms with Crippen molar-refractivity contribution in [3.63, 3.8) is 0 Å². The molecule has 0 aromatic heterocycles. The summed E-state index contributed by atoms with van der Waals surface area (Å²) in [6.07, 6.45) is 8.45. The summed E-state index contributed by atoms with van der Waals surface area (Å²) in [5.74, 6) is 4.92. The zero-order valence-corrected chi connectivity index (χ0v) is 16.3. The lowest BCUT2D eigenvalue weighted by Gasteiger charge is -2.41. The smallest absolute Gasteiger partial charge is 0.317 e. The molecule has 4 aliphatic carbocycles. The van der Waals surface area contributed by atoms with Crippen LogP contribution in [0.2, 0.25) is 0 Å². The Hall–Kier alpha value is -2.35. The highest BCUT2D eigenvalue weighted by Gasteiger charge is 2.67. The van der Waals surface area contributed by atoms with Gasteiger partial charge < -0.3 is 4.74 Å². The molecular weight excluding hydrogens is 344 g/mol. The molecule has 3 saturated carbocycles. The van der Waals surface area contributed by atoms with Crippen LogP contribution in [0.1, 0.15) is 26.2 Å². The van der Waals surface area contributed by atoms with E-state index in [-0.39, 0.29) is 11.4 Å². The first kappa shape index (κ1) is 16.6. The Labute approximate surface area is 166 Å². The van der Waals surface area contributed by atoms with Gasteiger partial charge in [-0.25, -0.2) is 0 Å². The highest BCUT2D eigenvalue weighted by molar-refractivity contribution is 5.80. The SMILES string of the molecule is CC1(C(=O)Oc2ccc(-c3ccccc3)cc2)CC2CC1C1C3C=CC(C3)C21. The molecule has 2 heteroatoms. The van der Waals surface area contributed by atoms with Crippen LogP contribution in [0.15, 0.2) is 66.7 Å². The Morgan fingerprint density at radius 2 is 1.57 bits per heavy atom. The molecule has 0 saturated heterocycles. The molecule has 7 unspecified atom stereocenters. The first-order valence-corrected chi connectivity index (χ1v) is 10.7. The third kappa shape index (κ3) is 2.24. The largest absolute Gasteiger partial charge is 0.426 e. The Morgan fingerprint density at radius 1 is 0.893 bits per heavy atom. The number of benzene rings is 2. The van der Waals surface area contributed by atoms with E-state index >= 15 is 0 Å². The zero-order valence-electron chi connectivity index (χ0n) is 16.3. The zero-order chi connectivity index (χ0) is 18.9. The number of rotatable bonds is 3. The van der Waals surface area contributed by atoms with E-state index < -0.39 is 0 Å². The maximum Gasteiger partial charge on any atom is 0.317 e. The van der Waals surface area contributed by atoms with Gasteiger partial charge in [0.2, 0.25) is 0 Å². The summed E-state index contributed by atoms with van der Waals surface area (Å²) in [7, 11) is 0. The lowest BCUT2D eigenvalue weighted by Crippen LogP contribution is -2.44. The van der Waals surface area contributed by atoms with E-state index in [9.17, 15) is 4.79 Å². The maximum absolute atomic E-state index is 13.2. The fraction of sp³-hybridized carbons (Fsp3) is 0.423. The normalized spacial score (nSPS) is 39.3. The minimum atomic E-state index is -0.317. The van der Waals surface area contributed by atoms with E-state index in [2.05, 4.69) is 31.2 Å². The van der Waals surface area contributed by atoms with Crippen LogP contribution < -0.4 is 4.74 Å². The highest BCUT2D eigenvalue weighted by atomic mass is 16.5. The number of carbonyl (C=O) groups excluding carboxylic acids is 1. The fourth-order valence-corrected chi connectivity index (χ4v) is 7.17. The number of esters is 1. The van der Waals surface area contributed by atoms with Crippen molar-refractivity contribution in [2.45, 2.75) is 26.2 Å². The van der Waals surface area contributed by atoms with E-state index in [1.54, 1.807) is 0 Å². The van der Waals surface area contributed by atoms with E-state index in [1.807, 2.05) is 42.5 Å². The van der Waals surface area contributed by atoms with Crippen LogP contribution >= 0.6 is 0 Å². The molecule has 142 valence electrons. The topological polar surface area (TPSA) is 26.3 Å². The molecule has 7 atom stereocenters. The van der Waals surface area contributed by atoms with Crippen molar-refractivity contribution >= 4 is 5.97 Å². The molecule has 4 aliphatic rings. The minimum Gasteiger partial charge on any atom is -0.426 e. The van der Waals surface area contributed by atoms with Gasteiger partial charge in [-0.1, -0.05) is 54.6 Å². The van der Waals surface area contributed by atoms with Crippen LogP contribution in [-0.4, -0.2) is 5.97 Å². The summed E-state index contributed by atoms with van der Waals surface area (Å²) < 4.78 is 5.92. The van der Waals surface area contributed by atoms with Crippen molar-refractivity contribution in [2.24, 2.45) is 40.9 Å². The second-order valence-electron chi connectivity index (χ2n) is 9.61. The number of hydrogen-bond acceptors (Lipinski definition) is 2. The molecular formula is C26H26O2. The van der Waals surface area contributed by atoms with Crippen molar-refractivity contribution < 1.29 is 9.53 Å². The van der Waals surface area contributed by atoms with Crippen molar-refractivity contribution in [3.05, 3.63) is 66.7 Å². The predicted molar refractivity (Wildman–Crippen MR) is 110 cm³/mol. The molecule has 2 aromatic carbocycles. The van der Waals surface area contributed by atoms with Gasteiger partial charge in [-0.05, 0) is 85.0 Å². The van der Waals surface area contributed by atoms with Crippen molar-refractivity contribution in [3.8, 4) is 16.9 Å². The van der Waals surface area contributed by atoms with Gasteiger partial charge in [-0.3, -0.25) is 4.79 Å². The van der Waals surface area contributed by atoms with Gasteiger partial charge >= 0.3 is 5.97 Å². The lowest BCUT2D eigenvalue weighted by atomic mass is 9.63. The Bertz CT molecular complexity index is 944. The Morgan fingerprint density at radius 3 is 2.32 bits per heavy atom. The van der Waals surface area contributed by atoms with E-state index in [0.29, 0.717) is 29.4 Å². The van der Waals surface area contributed by atoms with Gasteiger partial charge in [0, 0.05) is 0 Å². The van der Waals surface area contributed by atoms with Gasteiger partial charge in [0.25, 0.3) is 0 Å². The average molecular weight is 370 g/mol. The van der Waals surface area contributed by atoms with Crippen molar-refractivity contribution in [1.29, 1.82) is 0 Å². The fourth-order valence-electron chi connectivity index (χ4n) is 7.17. The van der Waals surface area contributed by atoms with E-state index in [0.717, 1.165) is 23.8 Å². The molecule has 0 radical (unpaired) electrons. The summed E-state index contributed by atoms with van der Waals surface area (Å²) in [5, 5.41) is 0. The number of fused-ring (bicyclic) bond motifs is 9. The van der Waals surface area contributed by atoms with E-state index in [4.69, 9.17) is 4.74 Å². The molecule has 2 nitrogen and oxygen atoms in total.